The molecule has 4 aromatic rings. The second kappa shape index (κ2) is 9.54. The number of carbonyl (C=O) groups excluding carboxylic acids is 1. The van der Waals surface area contributed by atoms with Crippen molar-refractivity contribution in [2.24, 2.45) is 0 Å². The van der Waals surface area contributed by atoms with E-state index in [4.69, 9.17) is 4.74 Å². The molecule has 0 aliphatic rings. The Morgan fingerprint density at radius 3 is 2.45 bits per heavy atom. The first-order chi connectivity index (χ1) is 16.0. The number of ether oxygens (including phenoxy) is 1. The maximum atomic E-state index is 12.9. The summed E-state index contributed by atoms with van der Waals surface area (Å²) in [6, 6.07) is 25.2. The minimum Gasteiger partial charge on any atom is -0.480 e. The number of nitrogens with one attached hydrogen (secondary N) is 1. The summed E-state index contributed by atoms with van der Waals surface area (Å²) in [4.78, 5) is 24.1. The van der Waals surface area contributed by atoms with Crippen LogP contribution in [0.15, 0.2) is 90.6 Å². The monoisotopic (exact) mass is 437 g/mol. The Morgan fingerprint density at radius 1 is 1.00 bits per heavy atom. The molecule has 0 saturated heterocycles. The Balaban J connectivity index is 1.63. The third-order valence-electron chi connectivity index (χ3n) is 4.90. The van der Waals surface area contributed by atoms with E-state index in [0.717, 1.165) is 5.39 Å². The quantitative estimate of drug-likeness (QED) is 0.310. The molecule has 0 aliphatic carbocycles. The lowest BCUT2D eigenvalue weighted by Crippen LogP contribution is -2.14. The summed E-state index contributed by atoms with van der Waals surface area (Å²) in [7, 11) is 0. The van der Waals surface area contributed by atoms with Gasteiger partial charge in [0.15, 0.2) is 5.75 Å². The van der Waals surface area contributed by atoms with Gasteiger partial charge in [0.1, 0.15) is 23.9 Å². The highest BCUT2D eigenvalue weighted by molar-refractivity contribution is 6.11. The van der Waals surface area contributed by atoms with Gasteiger partial charge in [0.05, 0.1) is 5.69 Å². The van der Waals surface area contributed by atoms with Gasteiger partial charge >= 0.3 is 5.97 Å². The highest BCUT2D eigenvalue weighted by Crippen LogP contribution is 2.30. The first kappa shape index (κ1) is 21.4. The van der Waals surface area contributed by atoms with E-state index in [-0.39, 0.29) is 12.1 Å². The Bertz CT molecular complexity index is 1400. The number of hydrogen-bond donors (Lipinski definition) is 2. The number of nitrogens with zero attached hydrogens (tertiary/aromatic N) is 2. The standard InChI is InChI=1S/C26H19N3O4/c27-15-18(14-19-16-29(17-25(30)31)23-12-6-4-10-21(19)23)26(32)28-22-11-5-7-13-24(22)33-20-8-2-1-3-9-20/h1-14,16H,17H2,(H,28,32)(H,30,31)/b18-14+. The summed E-state index contributed by atoms with van der Waals surface area (Å²) in [5.74, 6) is -0.537. The van der Waals surface area contributed by atoms with E-state index >= 15 is 0 Å². The number of anilines is 1. The largest absolute Gasteiger partial charge is 0.480 e. The van der Waals surface area contributed by atoms with Gasteiger partial charge in [-0.2, -0.15) is 5.26 Å². The van der Waals surface area contributed by atoms with E-state index in [9.17, 15) is 20.0 Å². The Labute approximate surface area is 189 Å². The molecule has 0 aliphatic heterocycles. The summed E-state index contributed by atoms with van der Waals surface area (Å²) in [6.45, 7) is -0.230. The topological polar surface area (TPSA) is 104 Å². The van der Waals surface area contributed by atoms with Crippen LogP contribution in [-0.4, -0.2) is 21.6 Å². The fourth-order valence-electron chi connectivity index (χ4n) is 3.43. The number of para-hydroxylation sites is 4. The zero-order valence-electron chi connectivity index (χ0n) is 17.4. The zero-order chi connectivity index (χ0) is 23.2. The van der Waals surface area contributed by atoms with Crippen molar-refractivity contribution in [2.45, 2.75) is 6.54 Å². The van der Waals surface area contributed by atoms with Crippen LogP contribution >= 0.6 is 0 Å². The fraction of sp³-hybridized carbons (Fsp3) is 0.0385. The first-order valence-electron chi connectivity index (χ1n) is 10.1. The predicted molar refractivity (Wildman–Crippen MR) is 125 cm³/mol. The molecule has 1 heterocycles. The third-order valence-corrected chi connectivity index (χ3v) is 4.90. The molecule has 0 fully saturated rings. The molecule has 162 valence electrons. The molecular formula is C26H19N3O4. The van der Waals surface area contributed by atoms with Gasteiger partial charge in [0.2, 0.25) is 0 Å². The molecular weight excluding hydrogens is 418 g/mol. The van der Waals surface area contributed by atoms with Gasteiger partial charge in [-0.25, -0.2) is 0 Å². The molecule has 1 aromatic heterocycles. The molecule has 0 spiro atoms. The summed E-state index contributed by atoms with van der Waals surface area (Å²) in [6.07, 6.45) is 3.08. The number of benzene rings is 3. The van der Waals surface area contributed by atoms with Gasteiger partial charge in [-0.3, -0.25) is 9.59 Å². The molecule has 4 rings (SSSR count). The number of hydrogen-bond acceptors (Lipinski definition) is 4. The molecule has 0 saturated carbocycles. The van der Waals surface area contributed by atoms with Crippen LogP contribution in [0.1, 0.15) is 5.56 Å². The Kier molecular flexibility index (Phi) is 6.19. The van der Waals surface area contributed by atoms with Crippen molar-refractivity contribution in [2.75, 3.05) is 5.32 Å². The van der Waals surface area contributed by atoms with E-state index in [1.807, 2.05) is 36.4 Å². The third kappa shape index (κ3) is 4.92. The summed E-state index contributed by atoms with van der Waals surface area (Å²) >= 11 is 0. The SMILES string of the molecule is N#C/C(=C\c1cn(CC(=O)O)c2ccccc12)C(=O)Nc1ccccc1Oc1ccccc1. The van der Waals surface area contributed by atoms with Crippen LogP contribution in [0.3, 0.4) is 0 Å². The smallest absolute Gasteiger partial charge is 0.323 e. The van der Waals surface area contributed by atoms with Crippen LogP contribution in [0.2, 0.25) is 0 Å². The van der Waals surface area contributed by atoms with E-state index < -0.39 is 11.9 Å². The average Bonchev–Trinajstić information content (AvgIpc) is 3.16. The lowest BCUT2D eigenvalue weighted by Gasteiger charge is -2.12. The van der Waals surface area contributed by atoms with Gasteiger partial charge in [-0.05, 0) is 36.4 Å². The number of carbonyl (C=O) groups is 2. The maximum Gasteiger partial charge on any atom is 0.323 e. The molecule has 7 nitrogen and oxygen atoms in total. The lowest BCUT2D eigenvalue weighted by atomic mass is 10.1. The number of carboxylic acid groups (broad SMARTS) is 1. The van der Waals surface area contributed by atoms with Gasteiger partial charge in [-0.15, -0.1) is 0 Å². The van der Waals surface area contributed by atoms with Crippen molar-refractivity contribution in [3.63, 3.8) is 0 Å². The van der Waals surface area contributed by atoms with Crippen LogP contribution in [-0.2, 0) is 16.1 Å². The summed E-state index contributed by atoms with van der Waals surface area (Å²) in [5.41, 5.74) is 1.57. The lowest BCUT2D eigenvalue weighted by molar-refractivity contribution is -0.137. The number of aromatic nitrogens is 1. The Hall–Kier alpha value is -4.83. The first-order valence-corrected chi connectivity index (χ1v) is 10.1. The number of amides is 1. The Morgan fingerprint density at radius 2 is 1.70 bits per heavy atom. The van der Waals surface area contributed by atoms with Crippen LogP contribution in [0.4, 0.5) is 5.69 Å². The highest BCUT2D eigenvalue weighted by Gasteiger charge is 2.15. The normalized spacial score (nSPS) is 11.1. The van der Waals surface area contributed by atoms with Crippen molar-refractivity contribution >= 4 is 34.5 Å². The second-order valence-corrected chi connectivity index (χ2v) is 7.16. The van der Waals surface area contributed by atoms with Crippen LogP contribution < -0.4 is 10.1 Å². The number of fused-ring (bicyclic) bond motifs is 1. The highest BCUT2D eigenvalue weighted by atomic mass is 16.5. The molecule has 33 heavy (non-hydrogen) atoms. The maximum absolute atomic E-state index is 12.9. The molecule has 0 radical (unpaired) electrons. The molecule has 1 amide bonds. The van der Waals surface area contributed by atoms with Crippen LogP contribution in [0.5, 0.6) is 11.5 Å². The zero-order valence-corrected chi connectivity index (χ0v) is 17.4. The number of nitriles is 1. The second-order valence-electron chi connectivity index (χ2n) is 7.16. The summed E-state index contributed by atoms with van der Waals surface area (Å²) < 4.78 is 7.43. The van der Waals surface area contributed by atoms with Crippen molar-refractivity contribution in [3.8, 4) is 17.6 Å². The summed E-state index contributed by atoms with van der Waals surface area (Å²) in [5, 5.41) is 22.3. The van der Waals surface area contributed by atoms with Crippen LogP contribution in [0, 0.1) is 11.3 Å². The van der Waals surface area contributed by atoms with E-state index in [1.165, 1.54) is 6.08 Å². The van der Waals surface area contributed by atoms with Crippen molar-refractivity contribution in [3.05, 3.63) is 96.2 Å². The number of carboxylic acids is 1. The van der Waals surface area contributed by atoms with Crippen molar-refractivity contribution in [1.29, 1.82) is 5.26 Å². The number of aliphatic carboxylic acids is 1. The van der Waals surface area contributed by atoms with Crippen molar-refractivity contribution in [1.82, 2.24) is 4.57 Å². The van der Waals surface area contributed by atoms with E-state index in [1.54, 1.807) is 59.3 Å². The van der Waals surface area contributed by atoms with E-state index in [0.29, 0.717) is 28.3 Å². The minimum atomic E-state index is -0.987. The number of rotatable bonds is 7. The van der Waals surface area contributed by atoms with Gasteiger partial charge in [-0.1, -0.05) is 48.5 Å². The minimum absolute atomic E-state index is 0.122. The van der Waals surface area contributed by atoms with Gasteiger partial charge in [0, 0.05) is 22.7 Å². The fourth-order valence-corrected chi connectivity index (χ4v) is 3.43. The van der Waals surface area contributed by atoms with Crippen molar-refractivity contribution < 1.29 is 19.4 Å². The predicted octanol–water partition coefficient (Wildman–Crippen LogP) is 5.06. The molecule has 0 atom stereocenters. The van der Waals surface area contributed by atoms with Gasteiger partial charge in [0.25, 0.3) is 5.91 Å². The molecule has 3 aromatic carbocycles. The molecule has 2 N–H and O–H groups in total. The molecule has 0 unspecified atom stereocenters. The van der Waals surface area contributed by atoms with Crippen LogP contribution in [0.25, 0.3) is 17.0 Å². The van der Waals surface area contributed by atoms with Gasteiger partial charge < -0.3 is 19.7 Å². The molecule has 7 heteroatoms. The average molecular weight is 437 g/mol. The molecule has 0 bridgehead atoms. The van der Waals surface area contributed by atoms with E-state index in [2.05, 4.69) is 5.32 Å².